The fourth-order valence-electron chi connectivity index (χ4n) is 12.1. The van der Waals surface area contributed by atoms with Crippen molar-refractivity contribution in [1.82, 2.24) is 0 Å². The van der Waals surface area contributed by atoms with E-state index in [1.165, 1.54) is 71.9 Å². The smallest absolute Gasteiger partial charge is 0.118 e. The molecule has 0 radical (unpaired) electrons. The summed E-state index contributed by atoms with van der Waals surface area (Å²) < 4.78 is 0. The van der Waals surface area contributed by atoms with Gasteiger partial charge in [-0.1, -0.05) is 80.2 Å². The lowest BCUT2D eigenvalue weighted by Crippen LogP contribution is -2.24. The number of phenolic OH excluding ortho intramolecular Hbond substituents is 4. The standard InChI is InChI=1S/C50H54O4.CH4/c1-27-17-33(9-13-45(27)51)49(34-10-14-46(52)28(2)18-34)43-25-37-21-39(43)23-41(37)31-5-7-32(8-6-31)42-24-40-22-38(42)26-44(40)50(35-11-15-47(53)29(3)19-35)36-12-16-48(54)30(4)20-36;/h5-20,37-44,49-54H,21-26H2,1-4H3;1H4. The SMILES string of the molecule is C.Cc1cc(C(c2ccc(O)c(C)c2)C2CC3CC2CC3c2ccc(C3CC4CC3CC4C(c3ccc(O)c(C)c3)c3ccc(O)c(C)c3)cc2)ccc1O. The molecule has 4 heteroatoms. The van der Waals surface area contributed by atoms with Crippen LogP contribution >= 0.6 is 0 Å². The molecule has 4 aliphatic rings. The van der Waals surface area contributed by atoms with Gasteiger partial charge in [0, 0.05) is 11.8 Å². The van der Waals surface area contributed by atoms with Gasteiger partial charge in [-0.15, -0.1) is 0 Å². The molecule has 4 bridgehead atoms. The molecule has 0 saturated heterocycles. The number of aryl methyl sites for hydroxylation is 4. The van der Waals surface area contributed by atoms with Crippen LogP contribution in [-0.2, 0) is 0 Å². The second-order valence-electron chi connectivity index (χ2n) is 17.8. The molecule has 8 atom stereocenters. The maximum absolute atomic E-state index is 10.3. The van der Waals surface area contributed by atoms with E-state index in [0.29, 0.717) is 70.3 Å². The third-order valence-corrected chi connectivity index (χ3v) is 14.8. The summed E-state index contributed by atoms with van der Waals surface area (Å²) in [5, 5.41) is 41.3. The zero-order valence-electron chi connectivity index (χ0n) is 32.0. The van der Waals surface area contributed by atoms with Crippen LogP contribution in [0.4, 0.5) is 0 Å². The molecule has 55 heavy (non-hydrogen) atoms. The van der Waals surface area contributed by atoms with Gasteiger partial charge in [0.05, 0.1) is 0 Å². The quantitative estimate of drug-likeness (QED) is 0.128. The summed E-state index contributed by atoms with van der Waals surface area (Å²) >= 11 is 0. The number of aromatic hydroxyl groups is 4. The van der Waals surface area contributed by atoms with Crippen LogP contribution in [-0.4, -0.2) is 20.4 Å². The Morgan fingerprint density at radius 3 is 0.909 bits per heavy atom. The van der Waals surface area contributed by atoms with Gasteiger partial charge in [-0.05, 0) is 193 Å². The number of phenols is 4. The largest absolute Gasteiger partial charge is 0.508 e. The lowest BCUT2D eigenvalue weighted by Gasteiger charge is -2.36. The monoisotopic (exact) mass is 734 g/mol. The Morgan fingerprint density at radius 2 is 0.673 bits per heavy atom. The van der Waals surface area contributed by atoms with Gasteiger partial charge in [-0.2, -0.15) is 0 Å². The lowest BCUT2D eigenvalue weighted by atomic mass is 9.68. The van der Waals surface area contributed by atoms with E-state index in [-0.39, 0.29) is 19.3 Å². The van der Waals surface area contributed by atoms with Crippen molar-refractivity contribution in [2.75, 3.05) is 0 Å². The maximum atomic E-state index is 10.3. The van der Waals surface area contributed by atoms with Crippen LogP contribution < -0.4 is 0 Å². The van der Waals surface area contributed by atoms with E-state index < -0.39 is 0 Å². The predicted molar refractivity (Wildman–Crippen MR) is 222 cm³/mol. The molecule has 4 N–H and O–H groups in total. The Kier molecular flexibility index (Phi) is 9.76. The number of hydrogen-bond donors (Lipinski definition) is 4. The van der Waals surface area contributed by atoms with Crippen molar-refractivity contribution in [3.63, 3.8) is 0 Å². The van der Waals surface area contributed by atoms with E-state index in [1.54, 1.807) is 0 Å². The summed E-state index contributed by atoms with van der Waals surface area (Å²) in [7, 11) is 0. The van der Waals surface area contributed by atoms with Gasteiger partial charge in [0.15, 0.2) is 0 Å². The Morgan fingerprint density at radius 1 is 0.382 bits per heavy atom. The highest BCUT2D eigenvalue weighted by atomic mass is 16.3. The van der Waals surface area contributed by atoms with Crippen molar-refractivity contribution < 1.29 is 20.4 Å². The highest BCUT2D eigenvalue weighted by Gasteiger charge is 2.51. The van der Waals surface area contributed by atoms with Crippen molar-refractivity contribution in [1.29, 1.82) is 0 Å². The van der Waals surface area contributed by atoms with Crippen LogP contribution in [0.1, 0.15) is 125 Å². The molecule has 0 aliphatic heterocycles. The minimum atomic E-state index is 0. The Bertz CT molecular complexity index is 1940. The number of benzene rings is 5. The van der Waals surface area contributed by atoms with Crippen LogP contribution in [0.5, 0.6) is 23.0 Å². The molecular formula is C51H58O4. The average molecular weight is 735 g/mol. The number of rotatable bonds is 8. The van der Waals surface area contributed by atoms with E-state index in [2.05, 4.69) is 72.8 Å². The minimum absolute atomic E-state index is 0. The molecule has 5 aromatic rings. The molecule has 0 aromatic heterocycles. The number of hydrogen-bond acceptors (Lipinski definition) is 4. The van der Waals surface area contributed by atoms with E-state index in [9.17, 15) is 20.4 Å². The van der Waals surface area contributed by atoms with Crippen LogP contribution in [0, 0.1) is 63.2 Å². The zero-order chi connectivity index (χ0) is 37.4. The van der Waals surface area contributed by atoms with E-state index in [1.807, 2.05) is 52.0 Å². The van der Waals surface area contributed by atoms with E-state index in [0.717, 1.165) is 22.3 Å². The molecule has 4 saturated carbocycles. The molecule has 4 fully saturated rings. The summed E-state index contributed by atoms with van der Waals surface area (Å²) in [6, 6.07) is 34.4. The van der Waals surface area contributed by atoms with Gasteiger partial charge in [-0.3, -0.25) is 0 Å². The molecule has 4 nitrogen and oxygen atoms in total. The summed E-state index contributed by atoms with van der Waals surface area (Å²) in [6.07, 6.45) is 7.42. The lowest BCUT2D eigenvalue weighted by molar-refractivity contribution is 0.278. The normalized spacial score (nSPS) is 26.6. The van der Waals surface area contributed by atoms with Gasteiger partial charge in [0.25, 0.3) is 0 Å². The van der Waals surface area contributed by atoms with Crippen molar-refractivity contribution in [2.24, 2.45) is 35.5 Å². The average Bonchev–Trinajstić information content (AvgIpc) is 3.97. The van der Waals surface area contributed by atoms with Gasteiger partial charge >= 0.3 is 0 Å². The highest BCUT2D eigenvalue weighted by Crippen LogP contribution is 2.62. The van der Waals surface area contributed by atoms with E-state index >= 15 is 0 Å². The number of fused-ring (bicyclic) bond motifs is 4. The minimum Gasteiger partial charge on any atom is -0.508 e. The maximum Gasteiger partial charge on any atom is 0.118 e. The first kappa shape index (κ1) is 37.2. The Balaban J connectivity index is 0.00000427. The molecule has 5 aromatic carbocycles. The molecule has 4 aliphatic carbocycles. The van der Waals surface area contributed by atoms with Crippen molar-refractivity contribution in [3.8, 4) is 23.0 Å². The van der Waals surface area contributed by atoms with Gasteiger partial charge in [-0.25, -0.2) is 0 Å². The van der Waals surface area contributed by atoms with Crippen molar-refractivity contribution >= 4 is 0 Å². The first-order valence-corrected chi connectivity index (χ1v) is 20.3. The summed E-state index contributed by atoms with van der Waals surface area (Å²) in [4.78, 5) is 0. The van der Waals surface area contributed by atoms with Crippen LogP contribution in [0.25, 0.3) is 0 Å². The second-order valence-corrected chi connectivity index (χ2v) is 17.8. The van der Waals surface area contributed by atoms with Gasteiger partial charge in [0.2, 0.25) is 0 Å². The Hall–Kier alpha value is -4.70. The molecule has 8 unspecified atom stereocenters. The van der Waals surface area contributed by atoms with E-state index in [4.69, 9.17) is 0 Å². The van der Waals surface area contributed by atoms with Crippen LogP contribution in [0.15, 0.2) is 97.1 Å². The third-order valence-electron chi connectivity index (χ3n) is 14.8. The molecule has 0 heterocycles. The fraction of sp³-hybridized carbons (Fsp3) is 0.412. The molecule has 0 spiro atoms. The van der Waals surface area contributed by atoms with Crippen LogP contribution in [0.2, 0.25) is 0 Å². The molecule has 9 rings (SSSR count). The topological polar surface area (TPSA) is 80.9 Å². The fourth-order valence-corrected chi connectivity index (χ4v) is 12.1. The Labute approximate surface area is 327 Å². The molecular weight excluding hydrogens is 677 g/mol. The highest BCUT2D eigenvalue weighted by molar-refractivity contribution is 5.47. The van der Waals surface area contributed by atoms with Crippen LogP contribution in [0.3, 0.4) is 0 Å². The second kappa shape index (κ2) is 14.4. The summed E-state index contributed by atoms with van der Waals surface area (Å²) in [5.74, 6) is 6.84. The first-order chi connectivity index (χ1) is 26.0. The van der Waals surface area contributed by atoms with Gasteiger partial charge < -0.3 is 20.4 Å². The van der Waals surface area contributed by atoms with Crippen molar-refractivity contribution in [2.45, 2.75) is 97.3 Å². The molecule has 0 amide bonds. The summed E-state index contributed by atoms with van der Waals surface area (Å²) in [5.41, 5.74) is 11.8. The van der Waals surface area contributed by atoms with Crippen molar-refractivity contribution in [3.05, 3.63) is 153 Å². The third kappa shape index (κ3) is 6.60. The van der Waals surface area contributed by atoms with Gasteiger partial charge in [0.1, 0.15) is 23.0 Å². The molecule has 286 valence electrons. The summed E-state index contributed by atoms with van der Waals surface area (Å²) in [6.45, 7) is 7.95. The zero-order valence-corrected chi connectivity index (χ0v) is 32.0. The first-order valence-electron chi connectivity index (χ1n) is 20.3. The predicted octanol–water partition coefficient (Wildman–Crippen LogP) is 12.3.